The molecule has 1 fully saturated rings. The second kappa shape index (κ2) is 8.75. The normalized spacial score (nSPS) is 14.3. The molecule has 1 saturated carbocycles. The summed E-state index contributed by atoms with van der Waals surface area (Å²) in [6.07, 6.45) is 2.11. The fourth-order valence-corrected chi connectivity index (χ4v) is 5.98. The summed E-state index contributed by atoms with van der Waals surface area (Å²) >= 11 is 20.0. The number of aromatic nitrogens is 4. The van der Waals surface area contributed by atoms with Gasteiger partial charge in [-0.25, -0.2) is 4.68 Å². The van der Waals surface area contributed by atoms with Crippen molar-refractivity contribution in [1.82, 2.24) is 20.0 Å². The van der Waals surface area contributed by atoms with Gasteiger partial charge in [-0.15, -0.1) is 10.2 Å². The second-order valence-electron chi connectivity index (χ2n) is 8.72. The number of halogens is 3. The maximum Gasteiger partial charge on any atom is 0.168 e. The maximum absolute atomic E-state index is 6.16. The predicted molar refractivity (Wildman–Crippen MR) is 144 cm³/mol. The van der Waals surface area contributed by atoms with Crippen LogP contribution in [0.3, 0.4) is 0 Å². The first-order valence-corrected chi connectivity index (χ1v) is 13.1. The molecule has 0 spiro atoms. The third kappa shape index (κ3) is 4.07. The molecule has 8 heteroatoms. The van der Waals surface area contributed by atoms with Crippen LogP contribution in [0.5, 0.6) is 0 Å². The molecule has 2 aromatic heterocycles. The van der Waals surface area contributed by atoms with Crippen molar-refractivity contribution in [3.63, 3.8) is 0 Å². The first-order valence-electron chi connectivity index (χ1n) is 11.2. The van der Waals surface area contributed by atoms with Crippen LogP contribution in [0.4, 0.5) is 0 Å². The zero-order valence-electron chi connectivity index (χ0n) is 18.7. The highest BCUT2D eigenvalue weighted by Crippen LogP contribution is 2.55. The molecule has 174 valence electrons. The first kappa shape index (κ1) is 22.7. The summed E-state index contributed by atoms with van der Waals surface area (Å²) in [7, 11) is 0. The van der Waals surface area contributed by atoms with E-state index in [1.54, 1.807) is 11.3 Å². The molecule has 0 aliphatic heterocycles. The van der Waals surface area contributed by atoms with Gasteiger partial charge in [-0.2, -0.15) is 5.10 Å². The topological polar surface area (TPSA) is 43.6 Å². The average Bonchev–Trinajstić information content (AvgIpc) is 3.39. The molecule has 1 aliphatic rings. The van der Waals surface area contributed by atoms with Crippen LogP contribution < -0.4 is 0 Å². The van der Waals surface area contributed by atoms with Crippen LogP contribution in [0, 0.1) is 6.92 Å². The Hall–Kier alpha value is -2.70. The number of benzene rings is 3. The molecule has 0 amide bonds. The van der Waals surface area contributed by atoms with Gasteiger partial charge in [-0.05, 0) is 73.9 Å². The quantitative estimate of drug-likeness (QED) is 0.226. The number of hydrogen-bond donors (Lipinski definition) is 0. The minimum atomic E-state index is -0.0772. The Morgan fingerprint density at radius 3 is 1.94 bits per heavy atom. The molecule has 2 heterocycles. The van der Waals surface area contributed by atoms with Gasteiger partial charge < -0.3 is 0 Å². The van der Waals surface area contributed by atoms with Crippen LogP contribution in [0.15, 0.2) is 72.8 Å². The Morgan fingerprint density at radius 2 is 1.34 bits per heavy atom. The van der Waals surface area contributed by atoms with Crippen LogP contribution in [-0.2, 0) is 5.41 Å². The monoisotopic (exact) mass is 536 g/mol. The van der Waals surface area contributed by atoms with Gasteiger partial charge in [0.05, 0.1) is 11.4 Å². The third-order valence-electron chi connectivity index (χ3n) is 6.49. The predicted octanol–water partition coefficient (Wildman–Crippen LogP) is 8.41. The van der Waals surface area contributed by atoms with Gasteiger partial charge in [0.15, 0.2) is 5.01 Å². The van der Waals surface area contributed by atoms with E-state index in [0.717, 1.165) is 56.1 Å². The fourth-order valence-electron chi connectivity index (χ4n) is 4.45. The number of hydrogen-bond acceptors (Lipinski definition) is 4. The molecule has 0 bridgehead atoms. The van der Waals surface area contributed by atoms with E-state index in [4.69, 9.17) is 39.9 Å². The summed E-state index contributed by atoms with van der Waals surface area (Å²) in [5.41, 5.74) is 5.92. The number of nitrogens with zero attached hydrogens (tertiary/aromatic N) is 4. The van der Waals surface area contributed by atoms with Crippen LogP contribution in [0.2, 0.25) is 15.1 Å². The van der Waals surface area contributed by atoms with Crippen molar-refractivity contribution < 1.29 is 0 Å². The van der Waals surface area contributed by atoms with Gasteiger partial charge >= 0.3 is 0 Å². The van der Waals surface area contributed by atoms with E-state index >= 15 is 0 Å². The summed E-state index contributed by atoms with van der Waals surface area (Å²) in [6, 6.07) is 23.5. The zero-order valence-corrected chi connectivity index (χ0v) is 21.8. The largest absolute Gasteiger partial charge is 0.232 e. The molecule has 35 heavy (non-hydrogen) atoms. The molecule has 1 aliphatic carbocycles. The van der Waals surface area contributed by atoms with E-state index in [2.05, 4.69) is 29.3 Å². The molecule has 0 N–H and O–H groups in total. The van der Waals surface area contributed by atoms with Crippen molar-refractivity contribution in [2.75, 3.05) is 0 Å². The Bertz CT molecular complexity index is 1520. The smallest absolute Gasteiger partial charge is 0.168 e. The Labute approximate surface area is 222 Å². The first-order chi connectivity index (χ1) is 16.9. The maximum atomic E-state index is 6.16. The van der Waals surface area contributed by atoms with Crippen molar-refractivity contribution in [2.24, 2.45) is 0 Å². The highest BCUT2D eigenvalue weighted by atomic mass is 35.5. The Kier molecular flexibility index (Phi) is 5.69. The lowest BCUT2D eigenvalue weighted by Crippen LogP contribution is -2.07. The Morgan fingerprint density at radius 1 is 0.771 bits per heavy atom. The van der Waals surface area contributed by atoms with E-state index in [0.29, 0.717) is 10.0 Å². The molecule has 6 rings (SSSR count). The number of rotatable bonds is 5. The van der Waals surface area contributed by atoms with E-state index in [1.807, 2.05) is 65.3 Å². The van der Waals surface area contributed by atoms with E-state index in [1.165, 1.54) is 5.56 Å². The lowest BCUT2D eigenvalue weighted by atomic mass is 9.97. The lowest BCUT2D eigenvalue weighted by molar-refractivity contribution is 0.807. The highest BCUT2D eigenvalue weighted by molar-refractivity contribution is 7.14. The van der Waals surface area contributed by atoms with E-state index in [9.17, 15) is 0 Å². The molecule has 0 atom stereocenters. The van der Waals surface area contributed by atoms with Gasteiger partial charge in [0.25, 0.3) is 0 Å². The van der Waals surface area contributed by atoms with Crippen molar-refractivity contribution in [1.29, 1.82) is 0 Å². The Balaban J connectivity index is 1.46. The molecule has 5 aromatic rings. The van der Waals surface area contributed by atoms with Crippen molar-refractivity contribution in [3.05, 3.63) is 104 Å². The molecule has 0 saturated heterocycles. The molecule has 4 nitrogen and oxygen atoms in total. The van der Waals surface area contributed by atoms with Crippen molar-refractivity contribution in [3.8, 4) is 27.6 Å². The van der Waals surface area contributed by atoms with Crippen LogP contribution in [0.25, 0.3) is 27.6 Å². The van der Waals surface area contributed by atoms with Crippen molar-refractivity contribution in [2.45, 2.75) is 25.2 Å². The van der Waals surface area contributed by atoms with Crippen LogP contribution in [0.1, 0.15) is 29.0 Å². The molecular formula is C27H19Cl3N4S. The molecule has 3 aromatic carbocycles. The third-order valence-corrected chi connectivity index (χ3v) is 8.38. The lowest BCUT2D eigenvalue weighted by Gasteiger charge is -2.11. The SMILES string of the molecule is Cc1c(-c2nnc(C3(c4ccc(Cl)cc4)CC3)s2)nn(-c2ccc(Cl)cc2)c1-c1ccc(Cl)cc1. The molecule has 0 unspecified atom stereocenters. The summed E-state index contributed by atoms with van der Waals surface area (Å²) in [4.78, 5) is 0. The molecule has 0 radical (unpaired) electrons. The van der Waals surface area contributed by atoms with Gasteiger partial charge in [0.2, 0.25) is 0 Å². The van der Waals surface area contributed by atoms with Crippen LogP contribution in [-0.4, -0.2) is 20.0 Å². The van der Waals surface area contributed by atoms with E-state index in [-0.39, 0.29) is 5.41 Å². The van der Waals surface area contributed by atoms with Crippen molar-refractivity contribution >= 4 is 46.1 Å². The van der Waals surface area contributed by atoms with Gasteiger partial charge in [0.1, 0.15) is 10.7 Å². The summed E-state index contributed by atoms with van der Waals surface area (Å²) < 4.78 is 1.94. The zero-order chi connectivity index (χ0) is 24.2. The standard InChI is InChI=1S/C27H19Cl3N4S/c1-16-23(25-31-32-26(35-25)27(14-15-27)18-4-8-20(29)9-5-18)33-34(22-12-10-21(30)11-13-22)24(16)17-2-6-19(28)7-3-17/h2-13H,14-15H2,1H3. The van der Waals surface area contributed by atoms with Gasteiger partial charge in [0, 0.05) is 31.6 Å². The fraction of sp³-hybridized carbons (Fsp3) is 0.148. The summed E-state index contributed by atoms with van der Waals surface area (Å²) in [6.45, 7) is 2.08. The second-order valence-corrected chi connectivity index (χ2v) is 11.0. The minimum absolute atomic E-state index is 0.0772. The molecular weight excluding hydrogens is 519 g/mol. The highest BCUT2D eigenvalue weighted by Gasteiger charge is 2.49. The van der Waals surface area contributed by atoms with Gasteiger partial charge in [-0.3, -0.25) is 0 Å². The summed E-state index contributed by atoms with van der Waals surface area (Å²) in [5, 5.41) is 18.2. The van der Waals surface area contributed by atoms with Gasteiger partial charge in [-0.1, -0.05) is 70.4 Å². The minimum Gasteiger partial charge on any atom is -0.232 e. The average molecular weight is 538 g/mol. The van der Waals surface area contributed by atoms with E-state index < -0.39 is 0 Å². The van der Waals surface area contributed by atoms with Crippen LogP contribution >= 0.6 is 46.1 Å². The summed E-state index contributed by atoms with van der Waals surface area (Å²) in [5.74, 6) is 0.